The monoisotopic (exact) mass is 310 g/mol. The summed E-state index contributed by atoms with van der Waals surface area (Å²) >= 11 is 0. The quantitative estimate of drug-likeness (QED) is 0.879. The van der Waals surface area contributed by atoms with Gasteiger partial charge in [0.15, 0.2) is 0 Å². The van der Waals surface area contributed by atoms with Crippen molar-refractivity contribution in [3.05, 3.63) is 35.4 Å². The second-order valence-electron chi connectivity index (χ2n) is 4.84. The summed E-state index contributed by atoms with van der Waals surface area (Å²) in [5.74, 6) is 0. The molecule has 1 atom stereocenters. The zero-order valence-electron chi connectivity index (χ0n) is 11.1. The van der Waals surface area contributed by atoms with Crippen molar-refractivity contribution in [3.63, 3.8) is 0 Å². The molecule has 0 bridgehead atoms. The van der Waals surface area contributed by atoms with Crippen LogP contribution in [0, 0.1) is 0 Å². The average molecular weight is 311 g/mol. The molecule has 0 aromatic heterocycles. The number of hydrogen-bond acceptors (Lipinski definition) is 3. The van der Waals surface area contributed by atoms with Gasteiger partial charge in [0, 0.05) is 26.2 Å². The molecule has 20 heavy (non-hydrogen) atoms. The molecule has 1 fully saturated rings. The highest BCUT2D eigenvalue weighted by molar-refractivity contribution is 5.85. The highest BCUT2D eigenvalue weighted by atomic mass is 35.5. The summed E-state index contributed by atoms with van der Waals surface area (Å²) in [6, 6.07) is 4.88. The Balaban J connectivity index is 0.00000200. The highest BCUT2D eigenvalue weighted by Gasteiger charge is 2.35. The van der Waals surface area contributed by atoms with Gasteiger partial charge in [-0.05, 0) is 24.6 Å². The molecule has 1 aliphatic rings. The van der Waals surface area contributed by atoms with Crippen LogP contribution in [0.2, 0.25) is 0 Å². The number of alkyl halides is 3. The zero-order chi connectivity index (χ0) is 14.1. The molecule has 1 heterocycles. The lowest BCUT2D eigenvalue weighted by Crippen LogP contribution is -2.53. The van der Waals surface area contributed by atoms with Gasteiger partial charge in [0.2, 0.25) is 0 Å². The number of aliphatic hydroxyl groups is 1. The third-order valence-electron chi connectivity index (χ3n) is 3.47. The molecule has 1 saturated heterocycles. The van der Waals surface area contributed by atoms with Crippen LogP contribution in [0.15, 0.2) is 24.3 Å². The van der Waals surface area contributed by atoms with E-state index in [1.54, 1.807) is 4.90 Å². The standard InChI is InChI=1S/C13H17F3N2O.ClH/c1-12(19,18-7-5-17-6-8-18)10-3-2-4-11(9-10)13(14,15)16;/h2-4,9,17,19H,5-8H2,1H3;1H. The van der Waals surface area contributed by atoms with Crippen LogP contribution in [0.4, 0.5) is 13.2 Å². The minimum atomic E-state index is -4.39. The molecule has 0 spiro atoms. The van der Waals surface area contributed by atoms with Crippen LogP contribution in [0.1, 0.15) is 18.1 Å². The predicted molar refractivity (Wildman–Crippen MR) is 72.7 cm³/mol. The van der Waals surface area contributed by atoms with Gasteiger partial charge >= 0.3 is 6.18 Å². The Hall–Kier alpha value is -0.820. The normalized spacial score (nSPS) is 20.1. The lowest BCUT2D eigenvalue weighted by atomic mass is 9.99. The summed E-state index contributed by atoms with van der Waals surface area (Å²) in [6.45, 7) is 4.17. The first kappa shape index (κ1) is 17.2. The molecule has 0 radical (unpaired) electrons. The van der Waals surface area contributed by atoms with Crippen LogP contribution in [-0.2, 0) is 11.9 Å². The Bertz CT molecular complexity index is 445. The molecule has 2 rings (SSSR count). The van der Waals surface area contributed by atoms with E-state index in [2.05, 4.69) is 5.32 Å². The Morgan fingerprint density at radius 2 is 1.70 bits per heavy atom. The third kappa shape index (κ3) is 3.63. The lowest BCUT2D eigenvalue weighted by Gasteiger charge is -2.40. The van der Waals surface area contributed by atoms with Gasteiger partial charge in [0.25, 0.3) is 0 Å². The van der Waals surface area contributed by atoms with Crippen LogP contribution in [0.25, 0.3) is 0 Å². The van der Waals surface area contributed by atoms with E-state index in [1.165, 1.54) is 19.1 Å². The molecule has 0 saturated carbocycles. The molecule has 7 heteroatoms. The molecule has 114 valence electrons. The summed E-state index contributed by atoms with van der Waals surface area (Å²) in [7, 11) is 0. The van der Waals surface area contributed by atoms with E-state index in [4.69, 9.17) is 0 Å². The summed E-state index contributed by atoms with van der Waals surface area (Å²) in [4.78, 5) is 1.78. The first-order chi connectivity index (χ1) is 8.82. The van der Waals surface area contributed by atoms with Crippen LogP contribution < -0.4 is 5.32 Å². The number of halogens is 4. The van der Waals surface area contributed by atoms with Crippen molar-refractivity contribution in [2.45, 2.75) is 18.8 Å². The number of benzene rings is 1. The molecule has 1 unspecified atom stereocenters. The fraction of sp³-hybridized carbons (Fsp3) is 0.538. The van der Waals surface area contributed by atoms with E-state index in [0.29, 0.717) is 13.1 Å². The molecule has 1 aliphatic heterocycles. The number of hydrogen-bond donors (Lipinski definition) is 2. The van der Waals surface area contributed by atoms with Crippen molar-refractivity contribution < 1.29 is 18.3 Å². The number of rotatable bonds is 2. The second kappa shape index (κ2) is 6.30. The van der Waals surface area contributed by atoms with Crippen LogP contribution in [-0.4, -0.2) is 36.2 Å². The van der Waals surface area contributed by atoms with Crippen molar-refractivity contribution in [1.82, 2.24) is 10.2 Å². The van der Waals surface area contributed by atoms with Crippen molar-refractivity contribution >= 4 is 12.4 Å². The zero-order valence-corrected chi connectivity index (χ0v) is 11.9. The topological polar surface area (TPSA) is 35.5 Å². The van der Waals surface area contributed by atoms with Gasteiger partial charge in [0.05, 0.1) is 5.56 Å². The highest BCUT2D eigenvalue weighted by Crippen LogP contribution is 2.33. The van der Waals surface area contributed by atoms with Crippen molar-refractivity contribution in [3.8, 4) is 0 Å². The Morgan fingerprint density at radius 1 is 1.15 bits per heavy atom. The van der Waals surface area contributed by atoms with Gasteiger partial charge < -0.3 is 10.4 Å². The van der Waals surface area contributed by atoms with Gasteiger partial charge in [-0.2, -0.15) is 13.2 Å². The van der Waals surface area contributed by atoms with Gasteiger partial charge in [0.1, 0.15) is 5.72 Å². The van der Waals surface area contributed by atoms with Crippen LogP contribution in [0.3, 0.4) is 0 Å². The van der Waals surface area contributed by atoms with Crippen molar-refractivity contribution in [2.75, 3.05) is 26.2 Å². The van der Waals surface area contributed by atoms with E-state index in [-0.39, 0.29) is 18.0 Å². The van der Waals surface area contributed by atoms with Crippen LogP contribution >= 0.6 is 12.4 Å². The largest absolute Gasteiger partial charge is 0.416 e. The molecule has 1 aromatic rings. The first-order valence-corrected chi connectivity index (χ1v) is 6.18. The van der Waals surface area contributed by atoms with E-state index in [9.17, 15) is 18.3 Å². The fourth-order valence-corrected chi connectivity index (χ4v) is 2.27. The molecule has 2 N–H and O–H groups in total. The van der Waals surface area contributed by atoms with Gasteiger partial charge in [-0.25, -0.2) is 0 Å². The summed E-state index contributed by atoms with van der Waals surface area (Å²) in [5, 5.41) is 13.7. The minimum Gasteiger partial charge on any atom is -0.372 e. The molecule has 0 amide bonds. The SMILES string of the molecule is CC(O)(c1cccc(C(F)(F)F)c1)N1CCNCC1.Cl. The number of nitrogens with one attached hydrogen (secondary N) is 1. The van der Waals surface area contributed by atoms with E-state index < -0.39 is 17.5 Å². The maximum atomic E-state index is 12.7. The lowest BCUT2D eigenvalue weighted by molar-refractivity contribution is -0.138. The van der Waals surface area contributed by atoms with Gasteiger partial charge in [-0.15, -0.1) is 12.4 Å². The summed E-state index contributed by atoms with van der Waals surface area (Å²) < 4.78 is 38.1. The molecular weight excluding hydrogens is 293 g/mol. The summed E-state index contributed by atoms with van der Waals surface area (Å²) in [5.41, 5.74) is -1.85. The number of piperazine rings is 1. The Labute approximate surface area is 122 Å². The van der Waals surface area contributed by atoms with E-state index in [1.807, 2.05) is 0 Å². The average Bonchev–Trinajstić information content (AvgIpc) is 2.39. The summed E-state index contributed by atoms with van der Waals surface area (Å²) in [6.07, 6.45) is -4.39. The van der Waals surface area contributed by atoms with Crippen LogP contribution in [0.5, 0.6) is 0 Å². The Morgan fingerprint density at radius 3 is 2.25 bits per heavy atom. The number of nitrogens with zero attached hydrogens (tertiary/aromatic N) is 1. The third-order valence-corrected chi connectivity index (χ3v) is 3.47. The second-order valence-corrected chi connectivity index (χ2v) is 4.84. The minimum absolute atomic E-state index is 0. The van der Waals surface area contributed by atoms with E-state index in [0.717, 1.165) is 25.2 Å². The molecule has 0 aliphatic carbocycles. The van der Waals surface area contributed by atoms with Gasteiger partial charge in [-0.3, -0.25) is 4.90 Å². The first-order valence-electron chi connectivity index (χ1n) is 6.18. The maximum Gasteiger partial charge on any atom is 0.416 e. The maximum absolute atomic E-state index is 12.7. The fourth-order valence-electron chi connectivity index (χ4n) is 2.27. The molecular formula is C13H18ClF3N2O. The van der Waals surface area contributed by atoms with Gasteiger partial charge in [-0.1, -0.05) is 12.1 Å². The van der Waals surface area contributed by atoms with E-state index >= 15 is 0 Å². The Kier molecular flexibility index (Phi) is 5.43. The molecule has 3 nitrogen and oxygen atoms in total. The smallest absolute Gasteiger partial charge is 0.372 e. The van der Waals surface area contributed by atoms with Crippen molar-refractivity contribution in [1.29, 1.82) is 0 Å². The van der Waals surface area contributed by atoms with Crippen molar-refractivity contribution in [2.24, 2.45) is 0 Å². The predicted octanol–water partition coefficient (Wildman–Crippen LogP) is 2.20. The molecule has 1 aromatic carbocycles.